The summed E-state index contributed by atoms with van der Waals surface area (Å²) in [6.07, 6.45) is 13.9. The van der Waals surface area contributed by atoms with Crippen LogP contribution < -0.4 is 9.64 Å². The van der Waals surface area contributed by atoms with Gasteiger partial charge in [0.05, 0.1) is 37.3 Å². The van der Waals surface area contributed by atoms with E-state index in [0.717, 1.165) is 51.1 Å². The number of likely N-dealkylation sites (tertiary alicyclic amines) is 1. The number of pyridine rings is 1. The number of aliphatic hydroxyl groups is 1. The number of phenols is 1. The van der Waals surface area contributed by atoms with Crippen LogP contribution in [0.2, 0.25) is 0 Å². The lowest BCUT2D eigenvalue weighted by atomic mass is 9.75. The zero-order chi connectivity index (χ0) is 35.7. The number of halogens is 2. The van der Waals surface area contributed by atoms with Crippen molar-refractivity contribution in [2.45, 2.75) is 70.9 Å². The van der Waals surface area contributed by atoms with E-state index in [2.05, 4.69) is 34.6 Å². The molecule has 2 saturated carbocycles. The first-order valence-corrected chi connectivity index (χ1v) is 18.1. The van der Waals surface area contributed by atoms with Crippen LogP contribution in [-0.2, 0) is 4.74 Å². The molecule has 2 N–H and O–H groups in total. The van der Waals surface area contributed by atoms with Gasteiger partial charge in [0.25, 0.3) is 0 Å². The minimum atomic E-state index is -1.19. The fourth-order valence-corrected chi connectivity index (χ4v) is 9.06. The second-order valence-corrected chi connectivity index (χ2v) is 16.2. The Kier molecular flexibility index (Phi) is 8.36. The normalized spacial score (nSPS) is 27.7. The molecule has 0 amide bonds. The number of ether oxygens (including phenoxy) is 2. The number of anilines is 1. The number of fused-ring (bicyclic) bond motifs is 3. The molecule has 9 nitrogen and oxygen atoms in total. The third-order valence-corrected chi connectivity index (χ3v) is 11.9. The predicted octanol–water partition coefficient (Wildman–Crippen LogP) is 6.46. The average molecular weight is 698 g/mol. The van der Waals surface area contributed by atoms with Crippen LogP contribution in [0.15, 0.2) is 30.5 Å². The summed E-state index contributed by atoms with van der Waals surface area (Å²) < 4.78 is 44.2. The summed E-state index contributed by atoms with van der Waals surface area (Å²) >= 11 is 0. The topological polar surface area (TPSA) is 104 Å². The molecule has 2 aromatic heterocycles. The summed E-state index contributed by atoms with van der Waals surface area (Å²) in [5.41, 5.74) is -0.927. The molecule has 51 heavy (non-hydrogen) atoms. The molecule has 4 atom stereocenters. The molecule has 2 saturated heterocycles. The van der Waals surface area contributed by atoms with Gasteiger partial charge in [0, 0.05) is 41.7 Å². The number of rotatable bonds is 7. The number of piperidine rings is 1. The highest BCUT2D eigenvalue weighted by Crippen LogP contribution is 2.54. The van der Waals surface area contributed by atoms with E-state index in [9.17, 15) is 14.6 Å². The zero-order valence-electron chi connectivity index (χ0n) is 29.5. The molecule has 4 aromatic rings. The molecule has 2 aliphatic carbocycles. The molecule has 0 radical (unpaired) electrons. The van der Waals surface area contributed by atoms with Gasteiger partial charge in [-0.25, -0.2) is 8.78 Å². The summed E-state index contributed by atoms with van der Waals surface area (Å²) in [6.45, 7) is 10.1. The van der Waals surface area contributed by atoms with E-state index in [-0.39, 0.29) is 58.1 Å². The summed E-state index contributed by atoms with van der Waals surface area (Å²) in [7, 11) is 0. The molecule has 2 aromatic carbocycles. The largest absolute Gasteiger partial charge is 0.508 e. The van der Waals surface area contributed by atoms with Crippen LogP contribution in [0.3, 0.4) is 0 Å². The van der Waals surface area contributed by atoms with Gasteiger partial charge in [-0.2, -0.15) is 9.97 Å². The van der Waals surface area contributed by atoms with Gasteiger partial charge in [-0.15, -0.1) is 6.42 Å². The highest BCUT2D eigenvalue weighted by atomic mass is 19.1. The van der Waals surface area contributed by atoms with Crippen LogP contribution in [0.4, 0.5) is 14.6 Å². The quantitative estimate of drug-likeness (QED) is 0.211. The van der Waals surface area contributed by atoms with E-state index >= 15 is 4.39 Å². The van der Waals surface area contributed by atoms with Crippen molar-refractivity contribution < 1.29 is 28.5 Å². The number of aromatic nitrogens is 3. The van der Waals surface area contributed by atoms with Crippen molar-refractivity contribution in [3.63, 3.8) is 0 Å². The van der Waals surface area contributed by atoms with Crippen molar-refractivity contribution in [2.24, 2.45) is 16.7 Å². The standard InChI is InChI=1S/C40H45F2N5O4/c1-5-27-30(41)10-9-24-16-26(48)17-28(32(24)27)34-33(42)35-29(19-43-34)36(47-14-15-50-22-39(4,49)21-47)45-37(44-35)51-23-40-11-6-8-31(40)46(13-7-12-40)20-25-18-38(25,2)3/h1,9-10,16-17,19,25,31,48-49H,6-8,11-15,18,20-23H2,2-4H3/t25-,31?,39+,40-/m1/s1. The van der Waals surface area contributed by atoms with E-state index in [1.165, 1.54) is 36.9 Å². The molecule has 2 aliphatic heterocycles. The Hall–Kier alpha value is -4.11. The molecular weight excluding hydrogens is 652 g/mol. The fraction of sp³-hybridized carbons (Fsp3) is 0.525. The van der Waals surface area contributed by atoms with E-state index in [1.54, 1.807) is 6.92 Å². The van der Waals surface area contributed by atoms with E-state index in [1.807, 2.05) is 4.90 Å². The Labute approximate surface area is 297 Å². The fourth-order valence-electron chi connectivity index (χ4n) is 9.06. The van der Waals surface area contributed by atoms with Gasteiger partial charge in [-0.1, -0.05) is 32.3 Å². The monoisotopic (exact) mass is 697 g/mol. The number of phenolic OH excluding ortho intramolecular Hbond substituents is 1. The van der Waals surface area contributed by atoms with Crippen molar-refractivity contribution in [1.82, 2.24) is 19.9 Å². The van der Waals surface area contributed by atoms with Crippen molar-refractivity contribution in [2.75, 3.05) is 50.9 Å². The summed E-state index contributed by atoms with van der Waals surface area (Å²) in [4.78, 5) is 18.6. The number of benzene rings is 2. The van der Waals surface area contributed by atoms with Crippen molar-refractivity contribution in [3.05, 3.63) is 47.7 Å². The molecule has 8 rings (SSSR count). The first-order valence-electron chi connectivity index (χ1n) is 18.1. The molecule has 4 heterocycles. The highest BCUT2D eigenvalue weighted by molar-refractivity contribution is 6.03. The van der Waals surface area contributed by atoms with Gasteiger partial charge in [-0.3, -0.25) is 9.88 Å². The Morgan fingerprint density at radius 2 is 1.92 bits per heavy atom. The molecule has 0 bridgehead atoms. The summed E-state index contributed by atoms with van der Waals surface area (Å²) in [5.74, 6) is 1.91. The third kappa shape index (κ3) is 6.15. The van der Waals surface area contributed by atoms with Gasteiger partial charge in [-0.05, 0) is 80.5 Å². The van der Waals surface area contributed by atoms with Crippen molar-refractivity contribution in [3.8, 4) is 35.4 Å². The minimum absolute atomic E-state index is 0.0370. The maximum absolute atomic E-state index is 17.0. The molecule has 268 valence electrons. The number of terminal acetylenes is 1. The maximum Gasteiger partial charge on any atom is 0.319 e. The maximum atomic E-state index is 17.0. The highest BCUT2D eigenvalue weighted by Gasteiger charge is 2.52. The Morgan fingerprint density at radius 3 is 2.71 bits per heavy atom. The Morgan fingerprint density at radius 1 is 1.12 bits per heavy atom. The molecular formula is C40H45F2N5O4. The second kappa shape index (κ2) is 12.5. The van der Waals surface area contributed by atoms with Gasteiger partial charge < -0.3 is 24.6 Å². The smallest absolute Gasteiger partial charge is 0.319 e. The lowest BCUT2D eigenvalue weighted by Crippen LogP contribution is -2.52. The number of hydrogen-bond acceptors (Lipinski definition) is 9. The van der Waals surface area contributed by atoms with Crippen molar-refractivity contribution in [1.29, 1.82) is 0 Å². The molecule has 0 spiro atoms. The predicted molar refractivity (Wildman–Crippen MR) is 192 cm³/mol. The van der Waals surface area contributed by atoms with Gasteiger partial charge in [0.15, 0.2) is 5.82 Å². The van der Waals surface area contributed by atoms with Gasteiger partial charge in [0.1, 0.15) is 34.2 Å². The van der Waals surface area contributed by atoms with Gasteiger partial charge >= 0.3 is 6.01 Å². The van der Waals surface area contributed by atoms with E-state index in [0.29, 0.717) is 47.8 Å². The van der Waals surface area contributed by atoms with Crippen LogP contribution in [-0.4, -0.2) is 87.7 Å². The molecule has 11 heteroatoms. The SMILES string of the molecule is C#Cc1c(F)ccc2cc(O)cc(-c3ncc4c(N5CCOC[C@@](C)(O)C5)nc(OC[C@]56CCCC5N(C[C@H]5CC5(C)C)CCC6)nc4c3F)c12. The molecule has 1 unspecified atom stereocenters. The number of hydrogen-bond donors (Lipinski definition) is 2. The third-order valence-electron chi connectivity index (χ3n) is 11.9. The van der Waals surface area contributed by atoms with Crippen LogP contribution in [0.25, 0.3) is 32.9 Å². The summed E-state index contributed by atoms with van der Waals surface area (Å²) in [5, 5.41) is 22.7. The number of β-amino-alcohol motifs (C(OH)–C–C–N with tert-alkyl or cyclic N) is 1. The van der Waals surface area contributed by atoms with Crippen LogP contribution in [0.5, 0.6) is 11.8 Å². The Bertz CT molecular complexity index is 2060. The molecule has 4 fully saturated rings. The van der Waals surface area contributed by atoms with E-state index < -0.39 is 17.2 Å². The first kappa shape index (κ1) is 34.0. The van der Waals surface area contributed by atoms with Gasteiger partial charge in [0.2, 0.25) is 0 Å². The Balaban J connectivity index is 1.22. The first-order chi connectivity index (χ1) is 24.4. The minimum Gasteiger partial charge on any atom is -0.508 e. The van der Waals surface area contributed by atoms with Crippen LogP contribution in [0, 0.1) is 40.7 Å². The number of nitrogens with zero attached hydrogens (tertiary/aromatic N) is 5. The lowest BCUT2D eigenvalue weighted by Gasteiger charge is -2.46. The molecule has 4 aliphatic rings. The van der Waals surface area contributed by atoms with E-state index in [4.69, 9.17) is 20.9 Å². The second-order valence-electron chi connectivity index (χ2n) is 16.2. The zero-order valence-corrected chi connectivity index (χ0v) is 29.5. The van der Waals surface area contributed by atoms with Crippen molar-refractivity contribution >= 4 is 27.5 Å². The summed E-state index contributed by atoms with van der Waals surface area (Å²) in [6, 6.07) is 5.94. The average Bonchev–Trinajstić information content (AvgIpc) is 3.53. The van der Waals surface area contributed by atoms with Crippen LogP contribution in [0.1, 0.15) is 64.9 Å². The lowest BCUT2D eigenvalue weighted by molar-refractivity contribution is -0.0123. The number of aromatic hydroxyl groups is 1. The van der Waals surface area contributed by atoms with Crippen LogP contribution >= 0.6 is 0 Å².